The van der Waals surface area contributed by atoms with Crippen LogP contribution in [0.3, 0.4) is 0 Å². The summed E-state index contributed by atoms with van der Waals surface area (Å²) in [6.45, 7) is -1.12. The molecule has 0 fully saturated rings. The molecule has 1 rings (SSSR count). The molecule has 0 aliphatic heterocycles. The van der Waals surface area contributed by atoms with Crippen molar-refractivity contribution >= 4 is 0 Å². The van der Waals surface area contributed by atoms with E-state index in [1.54, 1.807) is 19.1 Å². The van der Waals surface area contributed by atoms with E-state index >= 15 is 0 Å². The Morgan fingerprint density at radius 2 is 1.86 bits per heavy atom. The van der Waals surface area contributed by atoms with Crippen molar-refractivity contribution < 1.29 is 18.6 Å². The van der Waals surface area contributed by atoms with Crippen molar-refractivity contribution in [3.8, 4) is 5.75 Å². The summed E-state index contributed by atoms with van der Waals surface area (Å²) in [5, 5.41) is 9.07. The molecule has 0 spiro atoms. The molecule has 1 aromatic carbocycles. The first-order valence-corrected chi connectivity index (χ1v) is 4.29. The van der Waals surface area contributed by atoms with Crippen molar-refractivity contribution in [3.05, 3.63) is 29.8 Å². The quantitative estimate of drug-likeness (QED) is 0.811. The lowest BCUT2D eigenvalue weighted by Crippen LogP contribution is -2.05. The van der Waals surface area contributed by atoms with Gasteiger partial charge in [-0.25, -0.2) is 0 Å². The highest BCUT2D eigenvalue weighted by Gasteiger charge is 2.04. The van der Waals surface area contributed by atoms with E-state index in [4.69, 9.17) is 5.11 Å². The highest BCUT2D eigenvalue weighted by atomic mass is 19.3. The van der Waals surface area contributed by atoms with E-state index in [9.17, 15) is 8.78 Å². The Hall–Kier alpha value is -1.16. The van der Waals surface area contributed by atoms with Crippen LogP contribution in [0.4, 0.5) is 8.78 Å². The summed E-state index contributed by atoms with van der Waals surface area (Å²) in [6, 6.07) is 6.24. The molecule has 1 atom stereocenters. The summed E-state index contributed by atoms with van der Waals surface area (Å²) in [5.41, 5.74) is 0.890. The Labute approximate surface area is 81.1 Å². The fraction of sp³-hybridized carbons (Fsp3) is 0.400. The molecule has 4 heteroatoms. The summed E-state index contributed by atoms with van der Waals surface area (Å²) in [5.74, 6) is 0.134. The van der Waals surface area contributed by atoms with E-state index in [1.165, 1.54) is 12.1 Å². The van der Waals surface area contributed by atoms with Crippen molar-refractivity contribution in [2.45, 2.75) is 26.1 Å². The van der Waals surface area contributed by atoms with Crippen LogP contribution in [0.5, 0.6) is 5.75 Å². The maximum Gasteiger partial charge on any atom is 0.387 e. The zero-order chi connectivity index (χ0) is 10.6. The number of alkyl halides is 2. The second-order valence-corrected chi connectivity index (χ2v) is 3.08. The SMILES string of the molecule is CC(O)Cc1ccc(OC(F)F)cc1. The van der Waals surface area contributed by atoms with Gasteiger partial charge in [0.25, 0.3) is 0 Å². The normalized spacial score (nSPS) is 12.9. The molecular formula is C10H12F2O2. The monoisotopic (exact) mass is 202 g/mol. The fourth-order valence-electron chi connectivity index (χ4n) is 1.15. The minimum Gasteiger partial charge on any atom is -0.435 e. The van der Waals surface area contributed by atoms with Crippen LogP contribution < -0.4 is 4.74 Å². The molecule has 0 heterocycles. The average molecular weight is 202 g/mol. The van der Waals surface area contributed by atoms with Gasteiger partial charge in [-0.05, 0) is 31.0 Å². The van der Waals surface area contributed by atoms with Crippen LogP contribution in [0.25, 0.3) is 0 Å². The summed E-state index contributed by atoms with van der Waals surface area (Å²) in [7, 11) is 0. The van der Waals surface area contributed by atoms with Crippen molar-refractivity contribution in [1.29, 1.82) is 0 Å². The zero-order valence-electron chi connectivity index (χ0n) is 7.78. The van der Waals surface area contributed by atoms with Gasteiger partial charge >= 0.3 is 6.61 Å². The first-order chi connectivity index (χ1) is 6.58. The minimum atomic E-state index is -2.79. The maximum absolute atomic E-state index is 11.8. The molecule has 2 nitrogen and oxygen atoms in total. The second-order valence-electron chi connectivity index (χ2n) is 3.08. The molecule has 0 radical (unpaired) electrons. The van der Waals surface area contributed by atoms with Crippen molar-refractivity contribution in [3.63, 3.8) is 0 Å². The largest absolute Gasteiger partial charge is 0.435 e. The van der Waals surface area contributed by atoms with E-state index in [1.807, 2.05) is 0 Å². The highest BCUT2D eigenvalue weighted by Crippen LogP contribution is 2.15. The molecule has 0 aliphatic carbocycles. The van der Waals surface area contributed by atoms with Crippen LogP contribution in [-0.4, -0.2) is 17.8 Å². The third kappa shape index (κ3) is 3.70. The molecular weight excluding hydrogens is 190 g/mol. The van der Waals surface area contributed by atoms with Gasteiger partial charge in [-0.3, -0.25) is 0 Å². The molecule has 0 aromatic heterocycles. The van der Waals surface area contributed by atoms with Crippen LogP contribution in [0.1, 0.15) is 12.5 Å². The number of hydrogen-bond donors (Lipinski definition) is 1. The molecule has 1 unspecified atom stereocenters. The van der Waals surface area contributed by atoms with Gasteiger partial charge in [-0.2, -0.15) is 8.78 Å². The fourth-order valence-corrected chi connectivity index (χ4v) is 1.15. The first-order valence-electron chi connectivity index (χ1n) is 4.29. The molecule has 14 heavy (non-hydrogen) atoms. The molecule has 0 saturated carbocycles. The summed E-state index contributed by atoms with van der Waals surface area (Å²) >= 11 is 0. The standard InChI is InChI=1S/C10H12F2O2/c1-7(13)6-8-2-4-9(5-3-8)14-10(11)12/h2-5,7,10,13H,6H2,1H3. The average Bonchev–Trinajstić information content (AvgIpc) is 2.06. The number of ether oxygens (including phenoxy) is 1. The van der Waals surface area contributed by atoms with E-state index in [-0.39, 0.29) is 5.75 Å². The van der Waals surface area contributed by atoms with Crippen LogP contribution in [-0.2, 0) is 6.42 Å². The zero-order valence-corrected chi connectivity index (χ0v) is 7.78. The lowest BCUT2D eigenvalue weighted by molar-refractivity contribution is -0.0498. The van der Waals surface area contributed by atoms with Crippen molar-refractivity contribution in [2.24, 2.45) is 0 Å². The van der Waals surface area contributed by atoms with Crippen molar-refractivity contribution in [2.75, 3.05) is 0 Å². The van der Waals surface area contributed by atoms with Crippen LogP contribution in [0.2, 0.25) is 0 Å². The molecule has 0 amide bonds. The predicted octanol–water partition coefficient (Wildman–Crippen LogP) is 2.21. The Morgan fingerprint density at radius 3 is 2.29 bits per heavy atom. The Bertz CT molecular complexity index is 241. The Morgan fingerprint density at radius 1 is 1.29 bits per heavy atom. The van der Waals surface area contributed by atoms with Crippen LogP contribution in [0, 0.1) is 0 Å². The number of aliphatic hydroxyl groups is 1. The van der Waals surface area contributed by atoms with E-state index in [0.29, 0.717) is 6.42 Å². The topological polar surface area (TPSA) is 29.5 Å². The van der Waals surface area contributed by atoms with Crippen LogP contribution >= 0.6 is 0 Å². The number of rotatable bonds is 4. The lowest BCUT2D eigenvalue weighted by Gasteiger charge is -2.06. The molecule has 1 N–H and O–H groups in total. The van der Waals surface area contributed by atoms with Gasteiger partial charge in [0.15, 0.2) is 0 Å². The van der Waals surface area contributed by atoms with E-state index < -0.39 is 12.7 Å². The number of benzene rings is 1. The number of hydrogen-bond acceptors (Lipinski definition) is 2. The Balaban J connectivity index is 2.59. The van der Waals surface area contributed by atoms with Gasteiger partial charge in [0.05, 0.1) is 6.10 Å². The summed E-state index contributed by atoms with van der Waals surface area (Å²) in [4.78, 5) is 0. The first kappa shape index (κ1) is 10.9. The smallest absolute Gasteiger partial charge is 0.387 e. The second kappa shape index (κ2) is 4.91. The summed E-state index contributed by atoms with van der Waals surface area (Å²) < 4.78 is 27.7. The minimum absolute atomic E-state index is 0.134. The van der Waals surface area contributed by atoms with E-state index in [0.717, 1.165) is 5.56 Å². The molecule has 1 aromatic rings. The van der Waals surface area contributed by atoms with Gasteiger partial charge in [0.2, 0.25) is 0 Å². The van der Waals surface area contributed by atoms with Gasteiger partial charge in [0.1, 0.15) is 5.75 Å². The summed E-state index contributed by atoms with van der Waals surface area (Å²) in [6.07, 6.45) is 0.0754. The van der Waals surface area contributed by atoms with E-state index in [2.05, 4.69) is 4.74 Å². The van der Waals surface area contributed by atoms with Gasteiger partial charge in [0, 0.05) is 0 Å². The highest BCUT2D eigenvalue weighted by molar-refractivity contribution is 5.27. The molecule has 0 bridgehead atoms. The Kier molecular flexibility index (Phi) is 3.83. The third-order valence-electron chi connectivity index (χ3n) is 1.68. The van der Waals surface area contributed by atoms with Gasteiger partial charge < -0.3 is 9.84 Å². The molecule has 0 aliphatic rings. The van der Waals surface area contributed by atoms with Crippen molar-refractivity contribution in [1.82, 2.24) is 0 Å². The molecule has 78 valence electrons. The molecule has 0 saturated heterocycles. The maximum atomic E-state index is 11.8. The van der Waals surface area contributed by atoms with Crippen LogP contribution in [0.15, 0.2) is 24.3 Å². The lowest BCUT2D eigenvalue weighted by atomic mass is 10.1. The number of aliphatic hydroxyl groups excluding tert-OH is 1. The predicted molar refractivity (Wildman–Crippen MR) is 48.5 cm³/mol. The van der Waals surface area contributed by atoms with Gasteiger partial charge in [-0.15, -0.1) is 0 Å². The third-order valence-corrected chi connectivity index (χ3v) is 1.68. The number of halogens is 2. The van der Waals surface area contributed by atoms with Gasteiger partial charge in [-0.1, -0.05) is 12.1 Å².